The molecule has 1 aromatic carbocycles. The molecule has 1 aromatic rings. The van der Waals surface area contributed by atoms with Gasteiger partial charge in [0.15, 0.2) is 0 Å². The number of nitrogens with zero attached hydrogens (tertiary/aromatic N) is 1. The Morgan fingerprint density at radius 2 is 2.24 bits per heavy atom. The Hall–Kier alpha value is -1.88. The number of carbonyl (C=O) groups excluding carboxylic acids is 2. The van der Waals surface area contributed by atoms with Crippen molar-refractivity contribution < 1.29 is 9.59 Å². The van der Waals surface area contributed by atoms with Crippen molar-refractivity contribution >= 4 is 17.5 Å². The molecule has 21 heavy (non-hydrogen) atoms. The van der Waals surface area contributed by atoms with Gasteiger partial charge in [-0.3, -0.25) is 14.5 Å². The summed E-state index contributed by atoms with van der Waals surface area (Å²) in [5, 5.41) is 5.74. The van der Waals surface area contributed by atoms with Crippen molar-refractivity contribution in [3.8, 4) is 0 Å². The van der Waals surface area contributed by atoms with Crippen molar-refractivity contribution in [2.45, 2.75) is 38.3 Å². The second kappa shape index (κ2) is 5.48. The van der Waals surface area contributed by atoms with Crippen LogP contribution in [0.5, 0.6) is 0 Å². The quantitative estimate of drug-likeness (QED) is 0.860. The molecule has 0 spiro atoms. The predicted molar refractivity (Wildman–Crippen MR) is 81.4 cm³/mol. The molecule has 5 nitrogen and oxygen atoms in total. The first-order valence-electron chi connectivity index (χ1n) is 7.47. The van der Waals surface area contributed by atoms with Gasteiger partial charge in [-0.15, -0.1) is 0 Å². The molecular formula is C16H21N3O2. The van der Waals surface area contributed by atoms with Crippen molar-refractivity contribution in [2.24, 2.45) is 0 Å². The molecule has 0 radical (unpaired) electrons. The van der Waals surface area contributed by atoms with E-state index >= 15 is 0 Å². The number of amides is 2. The minimum Gasteiger partial charge on any atom is -0.350 e. The van der Waals surface area contributed by atoms with E-state index in [9.17, 15) is 9.59 Å². The van der Waals surface area contributed by atoms with E-state index < -0.39 is 0 Å². The van der Waals surface area contributed by atoms with Gasteiger partial charge in [-0.25, -0.2) is 0 Å². The lowest BCUT2D eigenvalue weighted by molar-refractivity contribution is -0.115. The van der Waals surface area contributed by atoms with E-state index in [0.717, 1.165) is 11.3 Å². The summed E-state index contributed by atoms with van der Waals surface area (Å²) in [7, 11) is 2.11. The van der Waals surface area contributed by atoms with Crippen LogP contribution in [0.3, 0.4) is 0 Å². The molecule has 2 N–H and O–H groups in total. The number of fused-ring (bicyclic) bond motifs is 1. The van der Waals surface area contributed by atoms with Crippen LogP contribution in [0.2, 0.25) is 0 Å². The Morgan fingerprint density at radius 1 is 1.48 bits per heavy atom. The van der Waals surface area contributed by atoms with Crippen molar-refractivity contribution in [3.63, 3.8) is 0 Å². The molecule has 0 saturated heterocycles. The summed E-state index contributed by atoms with van der Waals surface area (Å²) in [6, 6.07) is 6.40. The second-order valence-electron chi connectivity index (χ2n) is 6.05. The highest BCUT2D eigenvalue weighted by Crippen LogP contribution is 2.27. The Kier molecular flexibility index (Phi) is 3.68. The molecule has 2 aliphatic rings. The lowest BCUT2D eigenvalue weighted by atomic mass is 10.1. The predicted octanol–water partition coefficient (Wildman–Crippen LogP) is 1.39. The summed E-state index contributed by atoms with van der Waals surface area (Å²) in [5.74, 6) is -0.0998. The van der Waals surface area contributed by atoms with Gasteiger partial charge in [0, 0.05) is 29.9 Å². The molecule has 0 bridgehead atoms. The van der Waals surface area contributed by atoms with Crippen LogP contribution in [-0.2, 0) is 11.2 Å². The van der Waals surface area contributed by atoms with Gasteiger partial charge in [0.05, 0.1) is 6.42 Å². The number of carbonyl (C=O) groups is 2. The fraction of sp³-hybridized carbons (Fsp3) is 0.500. The first kappa shape index (κ1) is 14.1. The zero-order chi connectivity index (χ0) is 15.0. The number of hydrogen-bond donors (Lipinski definition) is 2. The number of hydrogen-bond acceptors (Lipinski definition) is 3. The van der Waals surface area contributed by atoms with E-state index in [1.807, 2.05) is 6.07 Å². The topological polar surface area (TPSA) is 61.4 Å². The van der Waals surface area contributed by atoms with E-state index in [1.54, 1.807) is 12.1 Å². The Bertz CT molecular complexity index is 581. The van der Waals surface area contributed by atoms with Crippen molar-refractivity contribution in [3.05, 3.63) is 29.3 Å². The van der Waals surface area contributed by atoms with Crippen molar-refractivity contribution in [1.82, 2.24) is 10.2 Å². The van der Waals surface area contributed by atoms with Gasteiger partial charge in [-0.2, -0.15) is 0 Å². The van der Waals surface area contributed by atoms with Crippen LogP contribution in [0.15, 0.2) is 18.2 Å². The highest BCUT2D eigenvalue weighted by molar-refractivity contribution is 6.02. The Balaban J connectivity index is 1.58. The van der Waals surface area contributed by atoms with Crippen LogP contribution in [-0.4, -0.2) is 42.4 Å². The molecule has 3 rings (SSSR count). The average molecular weight is 287 g/mol. The lowest BCUT2D eigenvalue weighted by Crippen LogP contribution is -2.41. The molecule has 1 atom stereocenters. The highest BCUT2D eigenvalue weighted by atomic mass is 16.2. The molecule has 112 valence electrons. The van der Waals surface area contributed by atoms with Gasteiger partial charge in [-0.1, -0.05) is 6.07 Å². The normalized spacial score (nSPS) is 18.3. The molecule has 1 unspecified atom stereocenters. The van der Waals surface area contributed by atoms with Crippen LogP contribution in [0, 0.1) is 0 Å². The lowest BCUT2D eigenvalue weighted by Gasteiger charge is -2.24. The van der Waals surface area contributed by atoms with E-state index in [1.165, 1.54) is 12.8 Å². The maximum Gasteiger partial charge on any atom is 0.251 e. The minimum absolute atomic E-state index is 0.0118. The summed E-state index contributed by atoms with van der Waals surface area (Å²) >= 11 is 0. The fourth-order valence-corrected chi connectivity index (χ4v) is 2.68. The molecule has 2 amide bonds. The summed E-state index contributed by atoms with van der Waals surface area (Å²) < 4.78 is 0. The zero-order valence-corrected chi connectivity index (χ0v) is 12.5. The standard InChI is InChI=1S/C16H21N3O2/c1-10(19(2)13-5-6-13)9-17-16(21)12-4-3-11-8-15(20)18-14(11)7-12/h3-4,7,10,13H,5-6,8-9H2,1-2H3,(H,17,21)(H,18,20). The fourth-order valence-electron chi connectivity index (χ4n) is 2.68. The number of anilines is 1. The van der Waals surface area contributed by atoms with Crippen LogP contribution >= 0.6 is 0 Å². The van der Waals surface area contributed by atoms with E-state index in [-0.39, 0.29) is 11.8 Å². The third-order valence-electron chi connectivity index (χ3n) is 4.37. The number of nitrogens with one attached hydrogen (secondary N) is 2. The summed E-state index contributed by atoms with van der Waals surface area (Å²) in [6.07, 6.45) is 2.93. The second-order valence-corrected chi connectivity index (χ2v) is 6.05. The summed E-state index contributed by atoms with van der Waals surface area (Å²) in [6.45, 7) is 2.76. The van der Waals surface area contributed by atoms with E-state index in [4.69, 9.17) is 0 Å². The number of rotatable bonds is 5. The Morgan fingerprint density at radius 3 is 2.95 bits per heavy atom. The molecule has 1 aliphatic heterocycles. The molecule has 1 heterocycles. The van der Waals surface area contributed by atoms with E-state index in [2.05, 4.69) is 29.5 Å². The maximum atomic E-state index is 12.2. The van der Waals surface area contributed by atoms with Crippen molar-refractivity contribution in [1.29, 1.82) is 0 Å². The minimum atomic E-state index is -0.0880. The average Bonchev–Trinajstić information content (AvgIpc) is 3.24. The van der Waals surface area contributed by atoms with Crippen molar-refractivity contribution in [2.75, 3.05) is 18.9 Å². The molecule has 1 fully saturated rings. The van der Waals surface area contributed by atoms with Crippen LogP contribution in [0.4, 0.5) is 5.69 Å². The van der Waals surface area contributed by atoms with Gasteiger partial charge >= 0.3 is 0 Å². The molecule has 5 heteroatoms. The Labute approximate surface area is 124 Å². The van der Waals surface area contributed by atoms with Gasteiger partial charge in [0.1, 0.15) is 0 Å². The molecular weight excluding hydrogens is 266 g/mol. The van der Waals surface area contributed by atoms with Crippen LogP contribution in [0.25, 0.3) is 0 Å². The number of benzene rings is 1. The maximum absolute atomic E-state index is 12.2. The molecule has 0 aromatic heterocycles. The first-order chi connectivity index (χ1) is 10.0. The van der Waals surface area contributed by atoms with Gasteiger partial charge < -0.3 is 10.6 Å². The number of likely N-dealkylation sites (N-methyl/N-ethyl adjacent to an activating group) is 1. The van der Waals surface area contributed by atoms with Crippen LogP contribution in [0.1, 0.15) is 35.7 Å². The zero-order valence-electron chi connectivity index (χ0n) is 12.5. The summed E-state index contributed by atoms with van der Waals surface area (Å²) in [5.41, 5.74) is 2.31. The summed E-state index contributed by atoms with van der Waals surface area (Å²) in [4.78, 5) is 25.8. The SMILES string of the molecule is CC(CNC(=O)c1ccc2c(c1)NC(=O)C2)N(C)C1CC1. The largest absolute Gasteiger partial charge is 0.350 e. The smallest absolute Gasteiger partial charge is 0.251 e. The van der Waals surface area contributed by atoms with Gasteiger partial charge in [0.2, 0.25) is 5.91 Å². The van der Waals surface area contributed by atoms with Crippen LogP contribution < -0.4 is 10.6 Å². The van der Waals surface area contributed by atoms with Gasteiger partial charge in [-0.05, 0) is 44.5 Å². The molecule has 1 saturated carbocycles. The van der Waals surface area contributed by atoms with Gasteiger partial charge in [0.25, 0.3) is 5.91 Å². The van der Waals surface area contributed by atoms with E-state index in [0.29, 0.717) is 30.6 Å². The third kappa shape index (κ3) is 3.08. The first-order valence-corrected chi connectivity index (χ1v) is 7.47. The monoisotopic (exact) mass is 287 g/mol. The molecule has 1 aliphatic carbocycles. The highest BCUT2D eigenvalue weighted by Gasteiger charge is 2.29. The third-order valence-corrected chi connectivity index (χ3v) is 4.37.